The van der Waals surface area contributed by atoms with Gasteiger partial charge in [0, 0.05) is 17.6 Å². The van der Waals surface area contributed by atoms with E-state index in [0.717, 1.165) is 11.8 Å². The Kier molecular flexibility index (Phi) is 3.87. The number of pyridine rings is 1. The number of benzene rings is 1. The predicted molar refractivity (Wildman–Crippen MR) is 88.4 cm³/mol. The van der Waals surface area contributed by atoms with Crippen LogP contribution in [0, 0.1) is 5.82 Å². The molecule has 120 valence electrons. The summed E-state index contributed by atoms with van der Waals surface area (Å²) >= 11 is 7.02. The molecule has 0 saturated carbocycles. The molecule has 2 aromatic heterocycles. The number of carbonyl (C=O) groups is 1. The van der Waals surface area contributed by atoms with Crippen molar-refractivity contribution < 1.29 is 14.3 Å². The molecule has 3 aromatic rings. The quantitative estimate of drug-likeness (QED) is 0.785. The summed E-state index contributed by atoms with van der Waals surface area (Å²) in [4.78, 5) is 26.2. The molecule has 8 heteroatoms. The minimum Gasteiger partial charge on any atom is -0.477 e. The van der Waals surface area contributed by atoms with Gasteiger partial charge in [-0.05, 0) is 26.2 Å². The lowest BCUT2D eigenvalue weighted by atomic mass is 10.1. The van der Waals surface area contributed by atoms with Gasteiger partial charge in [-0.15, -0.1) is 11.3 Å². The Bertz CT molecular complexity index is 1010. The molecule has 0 aliphatic carbocycles. The Labute approximate surface area is 139 Å². The van der Waals surface area contributed by atoms with Crippen molar-refractivity contribution >= 4 is 44.6 Å². The zero-order valence-corrected chi connectivity index (χ0v) is 13.8. The maximum Gasteiger partial charge on any atom is 0.342 e. The number of aromatic nitrogens is 1. The Morgan fingerprint density at radius 2 is 2.13 bits per heavy atom. The van der Waals surface area contributed by atoms with Crippen molar-refractivity contribution in [2.24, 2.45) is 0 Å². The van der Waals surface area contributed by atoms with Crippen LogP contribution < -0.4 is 5.43 Å². The van der Waals surface area contributed by atoms with Crippen molar-refractivity contribution in [3.8, 4) is 0 Å². The summed E-state index contributed by atoms with van der Waals surface area (Å²) in [6.45, 7) is 0.534. The van der Waals surface area contributed by atoms with Gasteiger partial charge >= 0.3 is 5.97 Å². The lowest BCUT2D eigenvalue weighted by molar-refractivity contribution is 0.0697. The van der Waals surface area contributed by atoms with Gasteiger partial charge in [-0.1, -0.05) is 11.6 Å². The summed E-state index contributed by atoms with van der Waals surface area (Å²) in [6.07, 6.45) is 0. The second-order valence-electron chi connectivity index (χ2n) is 5.40. The molecule has 0 radical (unpaired) electrons. The van der Waals surface area contributed by atoms with Gasteiger partial charge in [-0.2, -0.15) is 0 Å². The fourth-order valence-corrected chi connectivity index (χ4v) is 3.75. The molecule has 0 unspecified atom stereocenters. The number of carboxylic acid groups (broad SMARTS) is 1. The van der Waals surface area contributed by atoms with Gasteiger partial charge in [0.05, 0.1) is 15.9 Å². The summed E-state index contributed by atoms with van der Waals surface area (Å²) in [5.74, 6) is -2.08. The summed E-state index contributed by atoms with van der Waals surface area (Å²) in [6, 6.07) is 2.36. The van der Waals surface area contributed by atoms with Gasteiger partial charge in [-0.3, -0.25) is 4.79 Å². The van der Waals surface area contributed by atoms with E-state index in [9.17, 15) is 19.1 Å². The molecule has 5 nitrogen and oxygen atoms in total. The molecule has 3 rings (SSSR count). The highest BCUT2D eigenvalue weighted by Crippen LogP contribution is 2.28. The van der Waals surface area contributed by atoms with Crippen LogP contribution in [0.5, 0.6) is 0 Å². The average Bonchev–Trinajstić information content (AvgIpc) is 2.83. The molecular formula is C15H12ClFN2O3S. The minimum atomic E-state index is -1.33. The molecule has 0 saturated heterocycles. The molecule has 0 bridgehead atoms. The SMILES string of the molecule is CN(C)Cc1csc2c(C(=O)O)c(=O)c3cc(F)c(Cl)cc3n12. The van der Waals surface area contributed by atoms with Gasteiger partial charge in [0.15, 0.2) is 0 Å². The van der Waals surface area contributed by atoms with Crippen LogP contribution in [0.1, 0.15) is 16.1 Å². The first-order chi connectivity index (χ1) is 10.8. The lowest BCUT2D eigenvalue weighted by Gasteiger charge is -2.12. The third-order valence-electron chi connectivity index (χ3n) is 3.45. The highest BCUT2D eigenvalue weighted by atomic mass is 35.5. The van der Waals surface area contributed by atoms with Crippen molar-refractivity contribution in [1.82, 2.24) is 9.30 Å². The van der Waals surface area contributed by atoms with Crippen LogP contribution in [-0.2, 0) is 6.54 Å². The number of fused-ring (bicyclic) bond motifs is 3. The first-order valence-corrected chi connectivity index (χ1v) is 7.89. The Hall–Kier alpha value is -1.96. The summed E-state index contributed by atoms with van der Waals surface area (Å²) in [5.41, 5.74) is 0.139. The molecule has 0 atom stereocenters. The van der Waals surface area contributed by atoms with Crippen LogP contribution in [0.15, 0.2) is 22.3 Å². The fourth-order valence-electron chi connectivity index (χ4n) is 2.55. The van der Waals surface area contributed by atoms with E-state index < -0.39 is 17.2 Å². The topological polar surface area (TPSA) is 62.0 Å². The van der Waals surface area contributed by atoms with Gasteiger partial charge in [0.2, 0.25) is 5.43 Å². The van der Waals surface area contributed by atoms with Crippen LogP contribution in [0.2, 0.25) is 5.02 Å². The Balaban J connectivity index is 2.57. The standard InChI is InChI=1S/C15H12ClFN2O3S/c1-18(2)5-7-6-23-14-12(15(21)22)13(20)8-3-10(17)9(16)4-11(8)19(7)14/h3-4,6H,5H2,1-2H3,(H,21,22). The smallest absolute Gasteiger partial charge is 0.342 e. The molecule has 0 amide bonds. The molecule has 23 heavy (non-hydrogen) atoms. The van der Waals surface area contributed by atoms with Crippen molar-refractivity contribution in [1.29, 1.82) is 0 Å². The molecule has 0 fully saturated rings. The van der Waals surface area contributed by atoms with E-state index in [2.05, 4.69) is 0 Å². The summed E-state index contributed by atoms with van der Waals surface area (Å²) < 4.78 is 15.4. The molecule has 0 aliphatic heterocycles. The first kappa shape index (κ1) is 15.9. The normalized spacial score (nSPS) is 11.7. The van der Waals surface area contributed by atoms with Gasteiger partial charge in [0.25, 0.3) is 0 Å². The predicted octanol–water partition coefficient (Wildman–Crippen LogP) is 3.07. The van der Waals surface area contributed by atoms with E-state index in [1.165, 1.54) is 17.4 Å². The highest BCUT2D eigenvalue weighted by molar-refractivity contribution is 7.16. The van der Waals surface area contributed by atoms with E-state index >= 15 is 0 Å². The van der Waals surface area contributed by atoms with Crippen LogP contribution in [-0.4, -0.2) is 34.5 Å². The van der Waals surface area contributed by atoms with E-state index in [4.69, 9.17) is 11.6 Å². The van der Waals surface area contributed by atoms with E-state index in [-0.39, 0.29) is 16.0 Å². The zero-order chi connectivity index (χ0) is 16.9. The van der Waals surface area contributed by atoms with Crippen LogP contribution in [0.3, 0.4) is 0 Å². The Morgan fingerprint density at radius 3 is 2.74 bits per heavy atom. The molecular weight excluding hydrogens is 343 g/mol. The third kappa shape index (κ3) is 2.50. The molecule has 1 aromatic carbocycles. The number of hydrogen-bond acceptors (Lipinski definition) is 4. The maximum atomic E-state index is 13.8. The second-order valence-corrected chi connectivity index (χ2v) is 6.66. The summed E-state index contributed by atoms with van der Waals surface area (Å²) in [7, 11) is 3.75. The molecule has 2 heterocycles. The van der Waals surface area contributed by atoms with Crippen molar-refractivity contribution in [2.45, 2.75) is 6.54 Å². The van der Waals surface area contributed by atoms with Gasteiger partial charge in [-0.25, -0.2) is 9.18 Å². The number of carboxylic acids is 1. The lowest BCUT2D eigenvalue weighted by Crippen LogP contribution is -2.19. The van der Waals surface area contributed by atoms with Gasteiger partial charge in [0.1, 0.15) is 16.2 Å². The van der Waals surface area contributed by atoms with E-state index in [0.29, 0.717) is 16.9 Å². The van der Waals surface area contributed by atoms with Crippen LogP contribution in [0.4, 0.5) is 4.39 Å². The van der Waals surface area contributed by atoms with Crippen molar-refractivity contribution in [2.75, 3.05) is 14.1 Å². The van der Waals surface area contributed by atoms with Crippen LogP contribution >= 0.6 is 22.9 Å². The van der Waals surface area contributed by atoms with Crippen molar-refractivity contribution in [3.05, 3.63) is 49.8 Å². The molecule has 0 aliphatic rings. The number of hydrogen-bond donors (Lipinski definition) is 1. The maximum absolute atomic E-state index is 13.8. The highest BCUT2D eigenvalue weighted by Gasteiger charge is 2.22. The van der Waals surface area contributed by atoms with Gasteiger partial charge < -0.3 is 14.4 Å². The second kappa shape index (κ2) is 5.59. The Morgan fingerprint density at radius 1 is 1.43 bits per heavy atom. The fraction of sp³-hybridized carbons (Fsp3) is 0.200. The number of rotatable bonds is 3. The largest absolute Gasteiger partial charge is 0.477 e. The number of nitrogens with zero attached hydrogens (tertiary/aromatic N) is 2. The number of halogens is 2. The molecule has 0 spiro atoms. The number of aromatic carboxylic acids is 1. The summed E-state index contributed by atoms with van der Waals surface area (Å²) in [5, 5.41) is 11.1. The van der Waals surface area contributed by atoms with Crippen LogP contribution in [0.25, 0.3) is 15.7 Å². The zero-order valence-electron chi connectivity index (χ0n) is 12.3. The number of thiazole rings is 1. The van der Waals surface area contributed by atoms with E-state index in [1.807, 2.05) is 19.0 Å². The molecule has 1 N–H and O–H groups in total. The third-order valence-corrected chi connectivity index (χ3v) is 4.74. The minimum absolute atomic E-state index is 0.000191. The monoisotopic (exact) mass is 354 g/mol. The first-order valence-electron chi connectivity index (χ1n) is 6.63. The van der Waals surface area contributed by atoms with Crippen molar-refractivity contribution in [3.63, 3.8) is 0 Å². The average molecular weight is 355 g/mol. The van der Waals surface area contributed by atoms with E-state index in [1.54, 1.807) is 9.78 Å².